The first-order valence-electron chi connectivity index (χ1n) is 11.2. The summed E-state index contributed by atoms with van der Waals surface area (Å²) in [6.07, 6.45) is 5.44. The molecule has 0 amide bonds. The van der Waals surface area contributed by atoms with E-state index in [1.807, 2.05) is 39.0 Å². The zero-order chi connectivity index (χ0) is 22.6. The van der Waals surface area contributed by atoms with Crippen LogP contribution in [-0.2, 0) is 5.41 Å². The Morgan fingerprint density at radius 3 is 1.29 bits per heavy atom. The van der Waals surface area contributed by atoms with Gasteiger partial charge in [-0.05, 0) is 78.8 Å². The summed E-state index contributed by atoms with van der Waals surface area (Å²) in [6, 6.07) is 17.5. The number of phenols is 3. The second kappa shape index (κ2) is 9.47. The molecule has 0 spiro atoms. The molecule has 0 radical (unpaired) electrons. The van der Waals surface area contributed by atoms with Crippen LogP contribution in [0.3, 0.4) is 0 Å². The summed E-state index contributed by atoms with van der Waals surface area (Å²) >= 11 is 0. The van der Waals surface area contributed by atoms with Crippen LogP contribution in [0, 0.1) is 20.8 Å². The maximum atomic E-state index is 10.2. The van der Waals surface area contributed by atoms with Crippen molar-refractivity contribution in [1.82, 2.24) is 0 Å². The summed E-state index contributed by atoms with van der Waals surface area (Å²) in [5, 5.41) is 30.6. The van der Waals surface area contributed by atoms with E-state index in [1.165, 1.54) is 12.8 Å². The SMILES string of the molecule is CCCCCCC(c1ccc(O)c(C)c1)(c1ccc(O)c(C)c1)c1ccc(O)c(C)c1. The van der Waals surface area contributed by atoms with Gasteiger partial charge in [-0.1, -0.05) is 69.0 Å². The van der Waals surface area contributed by atoms with Gasteiger partial charge in [0.25, 0.3) is 0 Å². The van der Waals surface area contributed by atoms with Crippen LogP contribution in [0.15, 0.2) is 54.6 Å². The van der Waals surface area contributed by atoms with Crippen LogP contribution >= 0.6 is 0 Å². The van der Waals surface area contributed by atoms with Gasteiger partial charge in [-0.15, -0.1) is 0 Å². The Hall–Kier alpha value is -2.94. The van der Waals surface area contributed by atoms with Crippen molar-refractivity contribution in [3.05, 3.63) is 88.0 Å². The van der Waals surface area contributed by atoms with E-state index in [9.17, 15) is 15.3 Å². The Bertz CT molecular complexity index is 927. The van der Waals surface area contributed by atoms with Crippen molar-refractivity contribution >= 4 is 0 Å². The molecule has 0 aliphatic heterocycles. The number of aryl methyl sites for hydroxylation is 3. The monoisotopic (exact) mass is 418 g/mol. The first kappa shape index (κ1) is 22.7. The molecule has 0 aliphatic rings. The number of phenolic OH excluding ortho intramolecular Hbond substituents is 3. The summed E-state index contributed by atoms with van der Waals surface area (Å²) in [7, 11) is 0. The van der Waals surface area contributed by atoms with Gasteiger partial charge in [-0.25, -0.2) is 0 Å². The lowest BCUT2D eigenvalue weighted by atomic mass is 9.65. The minimum atomic E-state index is -0.455. The van der Waals surface area contributed by atoms with Crippen LogP contribution in [0.2, 0.25) is 0 Å². The van der Waals surface area contributed by atoms with Crippen LogP contribution in [0.5, 0.6) is 17.2 Å². The van der Waals surface area contributed by atoms with Crippen LogP contribution in [0.1, 0.15) is 72.4 Å². The van der Waals surface area contributed by atoms with E-state index >= 15 is 0 Å². The summed E-state index contributed by atoms with van der Waals surface area (Å²) in [6.45, 7) is 7.98. The van der Waals surface area contributed by atoms with E-state index < -0.39 is 5.41 Å². The van der Waals surface area contributed by atoms with Crippen molar-refractivity contribution in [1.29, 1.82) is 0 Å². The smallest absolute Gasteiger partial charge is 0.118 e. The average molecular weight is 419 g/mol. The molecule has 0 aliphatic carbocycles. The average Bonchev–Trinajstić information content (AvgIpc) is 2.75. The second-order valence-electron chi connectivity index (χ2n) is 8.72. The molecule has 3 rings (SSSR count). The fourth-order valence-electron chi connectivity index (χ4n) is 4.51. The van der Waals surface area contributed by atoms with Gasteiger partial charge < -0.3 is 15.3 Å². The molecule has 3 aromatic carbocycles. The Balaban J connectivity index is 2.31. The molecule has 0 heterocycles. The van der Waals surface area contributed by atoms with Crippen molar-refractivity contribution in [2.24, 2.45) is 0 Å². The molecule has 3 heteroatoms. The van der Waals surface area contributed by atoms with E-state index in [0.29, 0.717) is 0 Å². The lowest BCUT2D eigenvalue weighted by molar-refractivity contribution is 0.464. The first-order chi connectivity index (χ1) is 14.8. The third-order valence-corrected chi connectivity index (χ3v) is 6.47. The maximum Gasteiger partial charge on any atom is 0.118 e. The summed E-state index contributed by atoms with van der Waals surface area (Å²) in [5.74, 6) is 0.854. The van der Waals surface area contributed by atoms with Crippen LogP contribution < -0.4 is 0 Å². The fourth-order valence-corrected chi connectivity index (χ4v) is 4.51. The van der Waals surface area contributed by atoms with E-state index in [2.05, 4.69) is 25.1 Å². The Labute approximate surface area is 186 Å². The summed E-state index contributed by atoms with van der Waals surface area (Å²) in [4.78, 5) is 0. The molecule has 3 aromatic rings. The predicted molar refractivity (Wildman–Crippen MR) is 127 cm³/mol. The van der Waals surface area contributed by atoms with Gasteiger partial charge in [-0.2, -0.15) is 0 Å². The number of aromatic hydroxyl groups is 3. The highest BCUT2D eigenvalue weighted by atomic mass is 16.3. The zero-order valence-electron chi connectivity index (χ0n) is 19.1. The molecule has 164 valence electrons. The Kier molecular flexibility index (Phi) is 6.94. The standard InChI is InChI=1S/C28H34O3/c1-5-6-7-8-15-28(22-9-12-25(29)19(2)16-22,23-10-13-26(30)20(3)17-23)24-11-14-27(31)21(4)18-24/h9-14,16-18,29-31H,5-8,15H2,1-4H3. The van der Waals surface area contributed by atoms with Crippen molar-refractivity contribution in [3.63, 3.8) is 0 Å². The molecule has 3 N–H and O–H groups in total. The van der Waals surface area contributed by atoms with Crippen molar-refractivity contribution in [3.8, 4) is 17.2 Å². The van der Waals surface area contributed by atoms with Gasteiger partial charge in [0, 0.05) is 5.41 Å². The lowest BCUT2D eigenvalue weighted by Crippen LogP contribution is -2.30. The normalized spacial score (nSPS) is 11.6. The van der Waals surface area contributed by atoms with Crippen LogP contribution in [0.4, 0.5) is 0 Å². The molecular formula is C28H34O3. The van der Waals surface area contributed by atoms with Crippen LogP contribution in [0.25, 0.3) is 0 Å². The van der Waals surface area contributed by atoms with Gasteiger partial charge in [0.2, 0.25) is 0 Å². The zero-order valence-corrected chi connectivity index (χ0v) is 19.1. The molecule has 3 nitrogen and oxygen atoms in total. The van der Waals surface area contributed by atoms with Crippen molar-refractivity contribution < 1.29 is 15.3 Å². The lowest BCUT2D eigenvalue weighted by Gasteiger charge is -2.37. The maximum absolute atomic E-state index is 10.2. The van der Waals surface area contributed by atoms with Crippen molar-refractivity contribution in [2.45, 2.75) is 65.2 Å². The third-order valence-electron chi connectivity index (χ3n) is 6.47. The number of hydrogen-bond donors (Lipinski definition) is 3. The molecule has 0 fully saturated rings. The Morgan fingerprint density at radius 2 is 0.968 bits per heavy atom. The highest BCUT2D eigenvalue weighted by Crippen LogP contribution is 2.46. The quantitative estimate of drug-likeness (QED) is 0.272. The number of benzene rings is 3. The summed E-state index contributed by atoms with van der Waals surface area (Å²) < 4.78 is 0. The van der Waals surface area contributed by atoms with Gasteiger partial charge >= 0.3 is 0 Å². The van der Waals surface area contributed by atoms with Gasteiger partial charge in [-0.3, -0.25) is 0 Å². The van der Waals surface area contributed by atoms with Crippen molar-refractivity contribution in [2.75, 3.05) is 0 Å². The number of hydrogen-bond acceptors (Lipinski definition) is 3. The highest BCUT2D eigenvalue weighted by molar-refractivity contribution is 5.56. The third kappa shape index (κ3) is 4.56. The first-order valence-corrected chi connectivity index (χ1v) is 11.2. The van der Waals surface area contributed by atoms with E-state index in [-0.39, 0.29) is 17.2 Å². The molecule has 0 unspecified atom stereocenters. The molecule has 0 saturated carbocycles. The highest BCUT2D eigenvalue weighted by Gasteiger charge is 2.37. The summed E-state index contributed by atoms with van der Waals surface area (Å²) in [5.41, 5.74) is 5.37. The molecule has 0 bridgehead atoms. The molecule has 0 aromatic heterocycles. The van der Waals surface area contributed by atoms with Gasteiger partial charge in [0.1, 0.15) is 17.2 Å². The fraction of sp³-hybridized carbons (Fsp3) is 0.357. The van der Waals surface area contributed by atoms with Crippen LogP contribution in [-0.4, -0.2) is 15.3 Å². The van der Waals surface area contributed by atoms with Gasteiger partial charge in [0.05, 0.1) is 0 Å². The molecule has 31 heavy (non-hydrogen) atoms. The number of unbranched alkanes of at least 4 members (excludes halogenated alkanes) is 3. The minimum Gasteiger partial charge on any atom is -0.508 e. The molecule has 0 atom stereocenters. The minimum absolute atomic E-state index is 0.285. The second-order valence-corrected chi connectivity index (χ2v) is 8.72. The topological polar surface area (TPSA) is 60.7 Å². The predicted octanol–water partition coefficient (Wildman–Crippen LogP) is 7.03. The Morgan fingerprint density at radius 1 is 0.581 bits per heavy atom. The van der Waals surface area contributed by atoms with E-state index in [0.717, 1.165) is 52.6 Å². The van der Waals surface area contributed by atoms with Gasteiger partial charge in [0.15, 0.2) is 0 Å². The number of rotatable bonds is 8. The molecule has 0 saturated heterocycles. The van der Waals surface area contributed by atoms with E-state index in [1.54, 1.807) is 18.2 Å². The molecular weight excluding hydrogens is 384 g/mol. The largest absolute Gasteiger partial charge is 0.508 e. The van der Waals surface area contributed by atoms with E-state index in [4.69, 9.17) is 0 Å².